The molecular formula is C23H27F2N3O3. The van der Waals surface area contributed by atoms with Gasteiger partial charge in [-0.2, -0.15) is 0 Å². The maximum absolute atomic E-state index is 13.6. The van der Waals surface area contributed by atoms with Crippen molar-refractivity contribution in [3.63, 3.8) is 0 Å². The summed E-state index contributed by atoms with van der Waals surface area (Å²) < 4.78 is 43.2. The van der Waals surface area contributed by atoms with Crippen molar-refractivity contribution in [3.8, 4) is 5.75 Å². The van der Waals surface area contributed by atoms with E-state index >= 15 is 0 Å². The van der Waals surface area contributed by atoms with Gasteiger partial charge >= 0.3 is 0 Å². The summed E-state index contributed by atoms with van der Waals surface area (Å²) in [6.45, 7) is 4.68. The van der Waals surface area contributed by atoms with E-state index in [4.69, 9.17) is 14.0 Å². The summed E-state index contributed by atoms with van der Waals surface area (Å²) in [4.78, 5) is 6.87. The van der Waals surface area contributed by atoms with E-state index in [1.807, 2.05) is 12.1 Å². The van der Waals surface area contributed by atoms with E-state index in [1.54, 1.807) is 21.1 Å². The van der Waals surface area contributed by atoms with Crippen molar-refractivity contribution < 1.29 is 22.8 Å². The maximum atomic E-state index is 13.6. The summed E-state index contributed by atoms with van der Waals surface area (Å²) in [6.07, 6.45) is -0.905. The zero-order valence-electron chi connectivity index (χ0n) is 18.0. The van der Waals surface area contributed by atoms with Crippen LogP contribution in [0, 0.1) is 6.92 Å². The Labute approximate surface area is 180 Å². The standard InChI is InChI=1S/C23H27F2N3O3/c1-14-21-18(22(24)25)11-19(26-23(21)31-27-14)16-6-8-28(9-7-16)12-17-10-15(13-29-2)4-5-20(17)30-3/h4-5,10-11,16,22H,6-9,12-13H2,1-3H3. The molecule has 31 heavy (non-hydrogen) atoms. The highest BCUT2D eigenvalue weighted by molar-refractivity contribution is 5.80. The van der Waals surface area contributed by atoms with E-state index in [-0.39, 0.29) is 17.2 Å². The van der Waals surface area contributed by atoms with E-state index in [0.29, 0.717) is 23.4 Å². The molecule has 3 heterocycles. The first-order chi connectivity index (χ1) is 15.0. The average molecular weight is 431 g/mol. The minimum absolute atomic E-state index is 0.0409. The predicted molar refractivity (Wildman–Crippen MR) is 112 cm³/mol. The van der Waals surface area contributed by atoms with Gasteiger partial charge in [0.25, 0.3) is 12.1 Å². The van der Waals surface area contributed by atoms with Gasteiger partial charge in [-0.05, 0) is 56.6 Å². The molecule has 1 aromatic carbocycles. The summed E-state index contributed by atoms with van der Waals surface area (Å²) in [6, 6.07) is 7.63. The van der Waals surface area contributed by atoms with Gasteiger partial charge in [0.15, 0.2) is 0 Å². The Morgan fingerprint density at radius 1 is 1.19 bits per heavy atom. The zero-order chi connectivity index (χ0) is 22.0. The molecule has 0 amide bonds. The second-order valence-electron chi connectivity index (χ2n) is 8.01. The molecule has 0 saturated carbocycles. The lowest BCUT2D eigenvalue weighted by atomic mass is 9.91. The molecule has 0 aliphatic carbocycles. The molecular weight excluding hydrogens is 404 g/mol. The predicted octanol–water partition coefficient (Wildman–Crippen LogP) is 5.00. The van der Waals surface area contributed by atoms with Crippen molar-refractivity contribution in [2.24, 2.45) is 0 Å². The first-order valence-corrected chi connectivity index (χ1v) is 10.4. The molecule has 0 radical (unpaired) electrons. The van der Waals surface area contributed by atoms with Crippen molar-refractivity contribution in [2.45, 2.75) is 45.3 Å². The lowest BCUT2D eigenvalue weighted by molar-refractivity contribution is 0.152. The molecule has 0 atom stereocenters. The van der Waals surface area contributed by atoms with Crippen LogP contribution in [-0.4, -0.2) is 42.3 Å². The van der Waals surface area contributed by atoms with Crippen molar-refractivity contribution >= 4 is 11.1 Å². The number of ether oxygens (including phenoxy) is 2. The molecule has 0 spiro atoms. The number of pyridine rings is 1. The van der Waals surface area contributed by atoms with Crippen LogP contribution in [0.25, 0.3) is 11.1 Å². The SMILES string of the molecule is COCc1ccc(OC)c(CN2CCC(c3cc(C(F)F)c4c(C)noc4n3)CC2)c1. The molecule has 166 valence electrons. The number of methoxy groups -OCH3 is 2. The number of benzene rings is 1. The number of piperidine rings is 1. The van der Waals surface area contributed by atoms with Crippen LogP contribution in [-0.2, 0) is 17.9 Å². The fraction of sp³-hybridized carbons (Fsp3) is 0.478. The van der Waals surface area contributed by atoms with Crippen LogP contribution in [0.2, 0.25) is 0 Å². The van der Waals surface area contributed by atoms with E-state index in [2.05, 4.69) is 21.1 Å². The molecule has 6 nitrogen and oxygen atoms in total. The Hall–Kier alpha value is -2.58. The van der Waals surface area contributed by atoms with E-state index in [0.717, 1.165) is 49.4 Å². The average Bonchev–Trinajstić information content (AvgIpc) is 3.15. The smallest absolute Gasteiger partial charge is 0.264 e. The molecule has 0 bridgehead atoms. The van der Waals surface area contributed by atoms with Crippen molar-refractivity contribution in [1.82, 2.24) is 15.0 Å². The van der Waals surface area contributed by atoms with Crippen LogP contribution in [0.1, 0.15) is 53.3 Å². The van der Waals surface area contributed by atoms with Gasteiger partial charge in [-0.25, -0.2) is 13.8 Å². The number of hydrogen-bond donors (Lipinski definition) is 0. The third-order valence-corrected chi connectivity index (χ3v) is 5.96. The maximum Gasteiger partial charge on any atom is 0.264 e. The Bertz CT molecular complexity index is 1050. The fourth-order valence-corrected chi connectivity index (χ4v) is 4.37. The van der Waals surface area contributed by atoms with E-state index in [9.17, 15) is 8.78 Å². The Balaban J connectivity index is 1.48. The van der Waals surface area contributed by atoms with Gasteiger partial charge in [-0.3, -0.25) is 4.90 Å². The van der Waals surface area contributed by atoms with Crippen molar-refractivity contribution in [1.29, 1.82) is 0 Å². The number of likely N-dealkylation sites (tertiary alicyclic amines) is 1. The van der Waals surface area contributed by atoms with Gasteiger partial charge < -0.3 is 14.0 Å². The summed E-state index contributed by atoms with van der Waals surface area (Å²) in [5.74, 6) is 0.974. The number of aryl methyl sites for hydroxylation is 1. The highest BCUT2D eigenvalue weighted by atomic mass is 19.3. The van der Waals surface area contributed by atoms with Gasteiger partial charge in [0.05, 0.1) is 24.8 Å². The monoisotopic (exact) mass is 431 g/mol. The molecule has 4 rings (SSSR count). The van der Waals surface area contributed by atoms with Crippen molar-refractivity contribution in [2.75, 3.05) is 27.3 Å². The molecule has 1 aliphatic heterocycles. The molecule has 0 N–H and O–H groups in total. The molecule has 0 unspecified atom stereocenters. The molecule has 1 aliphatic rings. The minimum Gasteiger partial charge on any atom is -0.496 e. The van der Waals surface area contributed by atoms with Gasteiger partial charge in [0.1, 0.15) is 5.75 Å². The van der Waals surface area contributed by atoms with Crippen LogP contribution in [0.4, 0.5) is 8.78 Å². The van der Waals surface area contributed by atoms with Crippen LogP contribution < -0.4 is 4.74 Å². The number of nitrogens with zero attached hydrogens (tertiary/aromatic N) is 3. The first kappa shape index (κ1) is 21.6. The lowest BCUT2D eigenvalue weighted by Crippen LogP contribution is -2.32. The van der Waals surface area contributed by atoms with Gasteiger partial charge in [0, 0.05) is 36.4 Å². The second-order valence-corrected chi connectivity index (χ2v) is 8.01. The van der Waals surface area contributed by atoms with Gasteiger partial charge in [-0.15, -0.1) is 0 Å². The van der Waals surface area contributed by atoms with Crippen LogP contribution in [0.3, 0.4) is 0 Å². The highest BCUT2D eigenvalue weighted by Crippen LogP contribution is 2.35. The number of halogens is 2. The Kier molecular flexibility index (Phi) is 6.48. The summed E-state index contributed by atoms with van der Waals surface area (Å²) in [7, 11) is 3.36. The largest absolute Gasteiger partial charge is 0.496 e. The van der Waals surface area contributed by atoms with Crippen LogP contribution in [0.5, 0.6) is 5.75 Å². The molecule has 3 aromatic rings. The molecule has 1 fully saturated rings. The fourth-order valence-electron chi connectivity index (χ4n) is 4.37. The summed E-state index contributed by atoms with van der Waals surface area (Å²) >= 11 is 0. The number of alkyl halides is 2. The Morgan fingerprint density at radius 3 is 2.65 bits per heavy atom. The first-order valence-electron chi connectivity index (χ1n) is 10.4. The van der Waals surface area contributed by atoms with Gasteiger partial charge in [0.2, 0.25) is 0 Å². The van der Waals surface area contributed by atoms with Crippen LogP contribution in [0.15, 0.2) is 28.8 Å². The second kappa shape index (κ2) is 9.28. The summed E-state index contributed by atoms with van der Waals surface area (Å²) in [5, 5.41) is 4.15. The minimum atomic E-state index is -2.59. The zero-order valence-corrected chi connectivity index (χ0v) is 18.0. The number of aromatic nitrogens is 2. The summed E-state index contributed by atoms with van der Waals surface area (Å²) in [5.41, 5.74) is 3.50. The number of fused-ring (bicyclic) bond motifs is 1. The molecule has 1 saturated heterocycles. The molecule has 2 aromatic heterocycles. The van der Waals surface area contributed by atoms with Gasteiger partial charge in [-0.1, -0.05) is 11.2 Å². The van der Waals surface area contributed by atoms with Crippen molar-refractivity contribution in [3.05, 3.63) is 52.3 Å². The third-order valence-electron chi connectivity index (χ3n) is 5.96. The van der Waals surface area contributed by atoms with Crippen LogP contribution >= 0.6 is 0 Å². The third kappa shape index (κ3) is 4.55. The Morgan fingerprint density at radius 2 is 1.97 bits per heavy atom. The number of rotatable bonds is 7. The lowest BCUT2D eigenvalue weighted by Gasteiger charge is -2.32. The highest BCUT2D eigenvalue weighted by Gasteiger charge is 2.26. The normalized spacial score (nSPS) is 15.8. The topological polar surface area (TPSA) is 60.6 Å². The molecule has 8 heteroatoms. The quantitative estimate of drug-likeness (QED) is 0.525. The number of hydrogen-bond acceptors (Lipinski definition) is 6. The van der Waals surface area contributed by atoms with E-state index < -0.39 is 6.43 Å². The van der Waals surface area contributed by atoms with E-state index in [1.165, 1.54) is 6.07 Å².